The molecule has 0 atom stereocenters. The normalized spacial score (nSPS) is 12.8. The summed E-state index contributed by atoms with van der Waals surface area (Å²) >= 11 is 0. The number of rotatable bonds is 2. The lowest BCUT2D eigenvalue weighted by Crippen LogP contribution is -1.58. The molecular weight excluding hydrogens is 98.1 g/mol. The van der Waals surface area contributed by atoms with Crippen LogP contribution in [0.1, 0.15) is 6.92 Å². The number of allylic oxidation sites excluding steroid dienone is 4. The average molecular weight is 109 g/mol. The van der Waals surface area contributed by atoms with Gasteiger partial charge in [0.2, 0.25) is 0 Å². The van der Waals surface area contributed by atoms with E-state index in [9.17, 15) is 0 Å². The zero-order chi connectivity index (χ0) is 6.24. The molecule has 0 rings (SSSR count). The van der Waals surface area contributed by atoms with Crippen LogP contribution in [0, 0.1) is 0 Å². The third-order valence-electron chi connectivity index (χ3n) is 0.650. The van der Waals surface area contributed by atoms with Gasteiger partial charge in [-0.05, 0) is 13.0 Å². The van der Waals surface area contributed by atoms with Gasteiger partial charge < -0.3 is 0 Å². The van der Waals surface area contributed by atoms with E-state index < -0.39 is 0 Å². The molecule has 1 heteroatoms. The van der Waals surface area contributed by atoms with Crippen molar-refractivity contribution in [1.82, 2.24) is 0 Å². The second kappa shape index (κ2) is 6.15. The van der Waals surface area contributed by atoms with Gasteiger partial charge >= 0.3 is 0 Å². The molecule has 0 fully saturated rings. The maximum atomic E-state index is 3.76. The van der Waals surface area contributed by atoms with E-state index in [1.165, 1.54) is 0 Å². The van der Waals surface area contributed by atoms with E-state index in [1.54, 1.807) is 13.3 Å². The van der Waals surface area contributed by atoms with Crippen molar-refractivity contribution in [2.75, 3.05) is 7.05 Å². The van der Waals surface area contributed by atoms with Crippen LogP contribution in [0.3, 0.4) is 0 Å². The highest BCUT2D eigenvalue weighted by atomic mass is 14.6. The molecule has 0 radical (unpaired) electrons. The fraction of sp³-hybridized carbons (Fsp3) is 0.286. The lowest BCUT2D eigenvalue weighted by molar-refractivity contribution is 1.48. The Balaban J connectivity index is 3.35. The van der Waals surface area contributed by atoms with E-state index in [4.69, 9.17) is 0 Å². The summed E-state index contributed by atoms with van der Waals surface area (Å²) in [6.07, 6.45) is 9.51. The summed E-state index contributed by atoms with van der Waals surface area (Å²) in [7, 11) is 1.75. The lowest BCUT2D eigenvalue weighted by Gasteiger charge is -1.68. The first kappa shape index (κ1) is 7.15. The Morgan fingerprint density at radius 2 is 1.88 bits per heavy atom. The molecule has 0 aromatic heterocycles. The quantitative estimate of drug-likeness (QED) is 0.379. The Morgan fingerprint density at radius 3 is 2.38 bits per heavy atom. The van der Waals surface area contributed by atoms with Gasteiger partial charge in [0.25, 0.3) is 0 Å². The highest BCUT2D eigenvalue weighted by Gasteiger charge is 1.55. The molecule has 0 heterocycles. The SMILES string of the molecule is C/C=C/C=C/C=NC. The smallest absolute Gasteiger partial charge is 0.0277 e. The molecule has 0 saturated carbocycles. The van der Waals surface area contributed by atoms with Gasteiger partial charge in [-0.2, -0.15) is 0 Å². The van der Waals surface area contributed by atoms with Gasteiger partial charge in [0.15, 0.2) is 0 Å². The van der Waals surface area contributed by atoms with Crippen molar-refractivity contribution in [2.45, 2.75) is 6.92 Å². The molecule has 0 aliphatic rings. The highest BCUT2D eigenvalue weighted by Crippen LogP contribution is 1.71. The number of hydrogen-bond acceptors (Lipinski definition) is 1. The Morgan fingerprint density at radius 1 is 1.12 bits per heavy atom. The molecule has 0 unspecified atom stereocenters. The Bertz CT molecular complexity index is 95.6. The largest absolute Gasteiger partial charge is 0.297 e. The van der Waals surface area contributed by atoms with E-state index in [2.05, 4.69) is 4.99 Å². The van der Waals surface area contributed by atoms with Crippen LogP contribution in [0.5, 0.6) is 0 Å². The standard InChI is InChI=1S/C7H11N/c1-3-4-5-6-7-8-2/h3-7H,1-2H3/b4-3+,6-5+,8-7?. The van der Waals surface area contributed by atoms with Crippen molar-refractivity contribution < 1.29 is 0 Å². The average Bonchev–Trinajstić information content (AvgIpc) is 1.81. The summed E-state index contributed by atoms with van der Waals surface area (Å²) in [5, 5.41) is 0. The third kappa shape index (κ3) is 5.15. The van der Waals surface area contributed by atoms with Gasteiger partial charge in [0.1, 0.15) is 0 Å². The van der Waals surface area contributed by atoms with E-state index in [1.807, 2.05) is 31.2 Å². The first-order valence-corrected chi connectivity index (χ1v) is 2.62. The van der Waals surface area contributed by atoms with Crippen LogP contribution in [-0.4, -0.2) is 13.3 Å². The number of aliphatic imine (C=N–C) groups is 1. The molecule has 44 valence electrons. The lowest BCUT2D eigenvalue weighted by atomic mass is 10.4. The number of hydrogen-bond donors (Lipinski definition) is 0. The van der Waals surface area contributed by atoms with Crippen LogP contribution < -0.4 is 0 Å². The zero-order valence-corrected chi connectivity index (χ0v) is 5.33. The van der Waals surface area contributed by atoms with Gasteiger partial charge in [-0.25, -0.2) is 0 Å². The van der Waals surface area contributed by atoms with E-state index >= 15 is 0 Å². The molecule has 0 amide bonds. The molecule has 0 aromatic carbocycles. The maximum Gasteiger partial charge on any atom is 0.0277 e. The topological polar surface area (TPSA) is 12.4 Å². The van der Waals surface area contributed by atoms with Crippen LogP contribution in [0.2, 0.25) is 0 Å². The first-order chi connectivity index (χ1) is 3.91. The predicted molar refractivity (Wildman–Crippen MR) is 38.4 cm³/mol. The first-order valence-electron chi connectivity index (χ1n) is 2.62. The fourth-order valence-corrected chi connectivity index (χ4v) is 0.311. The van der Waals surface area contributed by atoms with Crippen LogP contribution >= 0.6 is 0 Å². The van der Waals surface area contributed by atoms with Gasteiger partial charge in [-0.3, -0.25) is 4.99 Å². The minimum atomic E-state index is 1.75. The zero-order valence-electron chi connectivity index (χ0n) is 5.33. The molecule has 0 saturated heterocycles. The molecule has 0 aliphatic carbocycles. The molecule has 0 bridgehead atoms. The van der Waals surface area contributed by atoms with E-state index in [0.29, 0.717) is 0 Å². The maximum absolute atomic E-state index is 3.76. The molecule has 0 N–H and O–H groups in total. The Hall–Kier alpha value is -0.850. The summed E-state index contributed by atoms with van der Waals surface area (Å²) in [6.45, 7) is 1.98. The van der Waals surface area contributed by atoms with Crippen LogP contribution in [0.15, 0.2) is 29.3 Å². The second-order valence-corrected chi connectivity index (χ2v) is 1.32. The summed E-state index contributed by atoms with van der Waals surface area (Å²) in [5.41, 5.74) is 0. The van der Waals surface area contributed by atoms with Gasteiger partial charge in [-0.15, -0.1) is 0 Å². The minimum absolute atomic E-state index is 1.75. The van der Waals surface area contributed by atoms with Crippen LogP contribution in [0.25, 0.3) is 0 Å². The van der Waals surface area contributed by atoms with Crippen molar-refractivity contribution in [1.29, 1.82) is 0 Å². The molecule has 0 spiro atoms. The molecule has 1 nitrogen and oxygen atoms in total. The second-order valence-electron chi connectivity index (χ2n) is 1.32. The van der Waals surface area contributed by atoms with E-state index in [0.717, 1.165) is 0 Å². The van der Waals surface area contributed by atoms with Crippen molar-refractivity contribution in [2.24, 2.45) is 4.99 Å². The van der Waals surface area contributed by atoms with Crippen LogP contribution in [0.4, 0.5) is 0 Å². The van der Waals surface area contributed by atoms with Crippen molar-refractivity contribution in [3.05, 3.63) is 24.3 Å². The summed E-state index contributed by atoms with van der Waals surface area (Å²) in [6, 6.07) is 0. The van der Waals surface area contributed by atoms with E-state index in [-0.39, 0.29) is 0 Å². The fourth-order valence-electron chi connectivity index (χ4n) is 0.311. The van der Waals surface area contributed by atoms with Gasteiger partial charge in [-0.1, -0.05) is 18.2 Å². The summed E-state index contributed by atoms with van der Waals surface area (Å²) in [5.74, 6) is 0. The predicted octanol–water partition coefficient (Wildman–Crippen LogP) is 1.82. The summed E-state index contributed by atoms with van der Waals surface area (Å²) in [4.78, 5) is 3.76. The van der Waals surface area contributed by atoms with Gasteiger partial charge in [0.05, 0.1) is 0 Å². The number of nitrogens with zero attached hydrogens (tertiary/aromatic N) is 1. The molecule has 0 aromatic rings. The van der Waals surface area contributed by atoms with Crippen molar-refractivity contribution in [3.63, 3.8) is 0 Å². The van der Waals surface area contributed by atoms with Crippen molar-refractivity contribution >= 4 is 6.21 Å². The van der Waals surface area contributed by atoms with Crippen LogP contribution in [-0.2, 0) is 0 Å². The molecule has 0 aliphatic heterocycles. The minimum Gasteiger partial charge on any atom is -0.297 e. The highest BCUT2D eigenvalue weighted by molar-refractivity contribution is 5.71. The van der Waals surface area contributed by atoms with Crippen molar-refractivity contribution in [3.8, 4) is 0 Å². The van der Waals surface area contributed by atoms with Gasteiger partial charge in [0, 0.05) is 13.3 Å². The monoisotopic (exact) mass is 109 g/mol. The Kier molecular flexibility index (Phi) is 5.50. The molecule has 8 heavy (non-hydrogen) atoms. The third-order valence-corrected chi connectivity index (χ3v) is 0.650. The summed E-state index contributed by atoms with van der Waals surface area (Å²) < 4.78 is 0. The molecular formula is C7H11N. The Labute approximate surface area is 50.4 Å².